The van der Waals surface area contributed by atoms with Crippen LogP contribution in [0, 0.1) is 5.82 Å². The predicted molar refractivity (Wildman–Crippen MR) is 41.6 cm³/mol. The van der Waals surface area contributed by atoms with Crippen molar-refractivity contribution < 1.29 is 13.9 Å². The first-order chi connectivity index (χ1) is 5.83. The lowest BCUT2D eigenvalue weighted by atomic mass is 10.1. The molecule has 3 heteroatoms. The summed E-state index contributed by atoms with van der Waals surface area (Å²) in [5.74, 6) is -0.0227. The quantitative estimate of drug-likeness (QED) is 0.629. The SMILES string of the molecule is COc1cccc(C2CO2)c1F. The zero-order valence-corrected chi connectivity index (χ0v) is 6.71. The van der Waals surface area contributed by atoms with E-state index in [0.717, 1.165) is 0 Å². The van der Waals surface area contributed by atoms with E-state index in [0.29, 0.717) is 12.2 Å². The molecule has 0 radical (unpaired) electrons. The summed E-state index contributed by atoms with van der Waals surface area (Å²) in [4.78, 5) is 0. The van der Waals surface area contributed by atoms with Crippen LogP contribution in [-0.2, 0) is 4.74 Å². The second-order valence-corrected chi connectivity index (χ2v) is 2.69. The van der Waals surface area contributed by atoms with Gasteiger partial charge in [-0.2, -0.15) is 0 Å². The van der Waals surface area contributed by atoms with E-state index in [9.17, 15) is 4.39 Å². The lowest BCUT2D eigenvalue weighted by Gasteiger charge is -2.03. The summed E-state index contributed by atoms with van der Waals surface area (Å²) < 4.78 is 23.2. The molecule has 0 aromatic heterocycles. The molecule has 1 aromatic carbocycles. The standard InChI is InChI=1S/C9H9FO2/c1-11-7-4-2-3-6(9(7)10)8-5-12-8/h2-4,8H,5H2,1H3. The van der Waals surface area contributed by atoms with Gasteiger partial charge in [0, 0.05) is 5.56 Å². The van der Waals surface area contributed by atoms with Gasteiger partial charge < -0.3 is 9.47 Å². The minimum Gasteiger partial charge on any atom is -0.494 e. The van der Waals surface area contributed by atoms with Crippen molar-refractivity contribution in [3.63, 3.8) is 0 Å². The highest BCUT2D eigenvalue weighted by Crippen LogP contribution is 2.34. The number of hydrogen-bond acceptors (Lipinski definition) is 2. The van der Waals surface area contributed by atoms with Crippen molar-refractivity contribution in [1.82, 2.24) is 0 Å². The number of methoxy groups -OCH3 is 1. The van der Waals surface area contributed by atoms with E-state index in [1.807, 2.05) is 0 Å². The fourth-order valence-electron chi connectivity index (χ4n) is 1.16. The summed E-state index contributed by atoms with van der Waals surface area (Å²) in [6.07, 6.45) is -0.0555. The van der Waals surface area contributed by atoms with Gasteiger partial charge in [0.25, 0.3) is 0 Å². The summed E-state index contributed by atoms with van der Waals surface area (Å²) in [6.45, 7) is 0.615. The van der Waals surface area contributed by atoms with Crippen LogP contribution in [0.15, 0.2) is 18.2 Å². The van der Waals surface area contributed by atoms with Gasteiger partial charge in [-0.25, -0.2) is 4.39 Å². The summed E-state index contributed by atoms with van der Waals surface area (Å²) in [5, 5.41) is 0. The second-order valence-electron chi connectivity index (χ2n) is 2.69. The summed E-state index contributed by atoms with van der Waals surface area (Å²) in [7, 11) is 1.45. The van der Waals surface area contributed by atoms with E-state index in [1.54, 1.807) is 18.2 Å². The first kappa shape index (κ1) is 7.55. The molecule has 1 aliphatic heterocycles. The largest absolute Gasteiger partial charge is 0.494 e. The van der Waals surface area contributed by atoms with Crippen molar-refractivity contribution in [2.45, 2.75) is 6.10 Å². The fraction of sp³-hybridized carbons (Fsp3) is 0.333. The molecule has 0 amide bonds. The van der Waals surface area contributed by atoms with Gasteiger partial charge in [0.2, 0.25) is 0 Å². The highest BCUT2D eigenvalue weighted by atomic mass is 19.1. The lowest BCUT2D eigenvalue weighted by molar-refractivity contribution is 0.373. The molecule has 1 aliphatic rings. The molecule has 0 N–H and O–H groups in total. The van der Waals surface area contributed by atoms with Crippen molar-refractivity contribution in [2.75, 3.05) is 13.7 Å². The number of ether oxygens (including phenoxy) is 2. The van der Waals surface area contributed by atoms with E-state index in [4.69, 9.17) is 9.47 Å². The monoisotopic (exact) mass is 168 g/mol. The Hall–Kier alpha value is -1.09. The summed E-state index contributed by atoms with van der Waals surface area (Å²) in [6, 6.07) is 5.08. The highest BCUT2D eigenvalue weighted by Gasteiger charge is 2.28. The number of hydrogen-bond donors (Lipinski definition) is 0. The average Bonchev–Trinajstić information content (AvgIpc) is 2.88. The van der Waals surface area contributed by atoms with Crippen LogP contribution in [0.25, 0.3) is 0 Å². The van der Waals surface area contributed by atoms with Gasteiger partial charge in [0.1, 0.15) is 6.10 Å². The van der Waals surface area contributed by atoms with Gasteiger partial charge in [-0.3, -0.25) is 0 Å². The molecule has 0 spiro atoms. The molecule has 0 bridgehead atoms. The van der Waals surface area contributed by atoms with Gasteiger partial charge >= 0.3 is 0 Å². The maximum absolute atomic E-state index is 13.4. The third kappa shape index (κ3) is 1.16. The molecule has 1 atom stereocenters. The van der Waals surface area contributed by atoms with Crippen molar-refractivity contribution >= 4 is 0 Å². The Bertz CT molecular complexity index is 295. The van der Waals surface area contributed by atoms with E-state index >= 15 is 0 Å². The molecule has 12 heavy (non-hydrogen) atoms. The smallest absolute Gasteiger partial charge is 0.170 e. The number of benzene rings is 1. The molecular formula is C9H9FO2. The van der Waals surface area contributed by atoms with Gasteiger partial charge in [0.15, 0.2) is 11.6 Å². The Balaban J connectivity index is 2.40. The Labute approximate surface area is 69.9 Å². The molecule has 0 saturated carbocycles. The van der Waals surface area contributed by atoms with Gasteiger partial charge in [-0.05, 0) is 6.07 Å². The van der Waals surface area contributed by atoms with Crippen LogP contribution in [0.3, 0.4) is 0 Å². The van der Waals surface area contributed by atoms with Crippen molar-refractivity contribution in [1.29, 1.82) is 0 Å². The number of halogens is 1. The minimum absolute atomic E-state index is 0.0555. The maximum atomic E-state index is 13.4. The normalized spacial score (nSPS) is 20.7. The topological polar surface area (TPSA) is 21.8 Å². The Morgan fingerprint density at radius 1 is 1.58 bits per heavy atom. The van der Waals surface area contributed by atoms with Gasteiger partial charge in [0.05, 0.1) is 13.7 Å². The van der Waals surface area contributed by atoms with Crippen LogP contribution in [-0.4, -0.2) is 13.7 Å². The van der Waals surface area contributed by atoms with E-state index < -0.39 is 0 Å². The maximum Gasteiger partial charge on any atom is 0.170 e. The minimum atomic E-state index is -0.303. The molecule has 2 nitrogen and oxygen atoms in total. The van der Waals surface area contributed by atoms with E-state index in [2.05, 4.69) is 0 Å². The summed E-state index contributed by atoms with van der Waals surface area (Å²) >= 11 is 0. The van der Waals surface area contributed by atoms with Crippen molar-refractivity contribution in [3.8, 4) is 5.75 Å². The van der Waals surface area contributed by atoms with Crippen molar-refractivity contribution in [3.05, 3.63) is 29.6 Å². The average molecular weight is 168 g/mol. The molecule has 2 rings (SSSR count). The second kappa shape index (κ2) is 2.75. The van der Waals surface area contributed by atoms with Crippen LogP contribution >= 0.6 is 0 Å². The third-order valence-electron chi connectivity index (χ3n) is 1.89. The van der Waals surface area contributed by atoms with E-state index in [1.165, 1.54) is 7.11 Å². The summed E-state index contributed by atoms with van der Waals surface area (Å²) in [5.41, 5.74) is 0.592. The lowest BCUT2D eigenvalue weighted by Crippen LogP contribution is -1.93. The first-order valence-electron chi connectivity index (χ1n) is 3.77. The zero-order valence-electron chi connectivity index (χ0n) is 6.71. The molecule has 64 valence electrons. The molecular weight excluding hydrogens is 159 g/mol. The first-order valence-corrected chi connectivity index (χ1v) is 3.77. The Morgan fingerprint density at radius 2 is 2.33 bits per heavy atom. The number of rotatable bonds is 2. The van der Waals surface area contributed by atoms with Gasteiger partial charge in [-0.15, -0.1) is 0 Å². The molecule has 1 fully saturated rings. The van der Waals surface area contributed by atoms with E-state index in [-0.39, 0.29) is 17.7 Å². The number of epoxide rings is 1. The molecule has 0 aliphatic carbocycles. The Morgan fingerprint density at radius 3 is 2.92 bits per heavy atom. The predicted octanol–water partition coefficient (Wildman–Crippen LogP) is 1.91. The highest BCUT2D eigenvalue weighted by molar-refractivity contribution is 5.33. The van der Waals surface area contributed by atoms with Crippen LogP contribution in [0.4, 0.5) is 4.39 Å². The molecule has 1 aromatic rings. The Kier molecular flexibility index (Phi) is 1.73. The molecule has 1 heterocycles. The third-order valence-corrected chi connectivity index (χ3v) is 1.89. The molecule has 1 saturated heterocycles. The van der Waals surface area contributed by atoms with Crippen LogP contribution in [0.1, 0.15) is 11.7 Å². The van der Waals surface area contributed by atoms with Crippen LogP contribution in [0.5, 0.6) is 5.75 Å². The van der Waals surface area contributed by atoms with Crippen LogP contribution in [0.2, 0.25) is 0 Å². The van der Waals surface area contributed by atoms with Crippen LogP contribution < -0.4 is 4.74 Å². The van der Waals surface area contributed by atoms with Crippen molar-refractivity contribution in [2.24, 2.45) is 0 Å². The fourth-order valence-corrected chi connectivity index (χ4v) is 1.16. The molecule has 1 unspecified atom stereocenters. The van der Waals surface area contributed by atoms with Gasteiger partial charge in [-0.1, -0.05) is 12.1 Å². The zero-order chi connectivity index (χ0) is 8.55.